The summed E-state index contributed by atoms with van der Waals surface area (Å²) in [4.78, 5) is 12.0. The normalized spacial score (nSPS) is 17.7. The van der Waals surface area contributed by atoms with Crippen molar-refractivity contribution in [3.63, 3.8) is 0 Å². The predicted molar refractivity (Wildman–Crippen MR) is 87.1 cm³/mol. The number of nitrogens with one attached hydrogen (secondary N) is 1. The van der Waals surface area contributed by atoms with E-state index in [0.29, 0.717) is 22.4 Å². The molecule has 1 aromatic carbocycles. The number of carbonyl (C=O) groups is 1. The van der Waals surface area contributed by atoms with Crippen LogP contribution in [0.15, 0.2) is 28.4 Å². The molecule has 0 radical (unpaired) electrons. The average molecular weight is 354 g/mol. The topological polar surface area (TPSA) is 47.6 Å². The van der Waals surface area contributed by atoms with Gasteiger partial charge in [0.15, 0.2) is 17.3 Å². The van der Waals surface area contributed by atoms with Gasteiger partial charge in [0.1, 0.15) is 0 Å². The molecule has 0 saturated carbocycles. The third-order valence-corrected chi connectivity index (χ3v) is 4.40. The maximum atomic E-state index is 12.0. The summed E-state index contributed by atoms with van der Waals surface area (Å²) in [5.41, 5.74) is 1.74. The lowest BCUT2D eigenvalue weighted by molar-refractivity contribution is -0.117. The van der Waals surface area contributed by atoms with Crippen LogP contribution in [0.2, 0.25) is 0 Å². The third-order valence-electron chi connectivity index (χ3n) is 3.48. The number of carbonyl (C=O) groups excluding carboxylic acids is 1. The first-order chi connectivity index (χ1) is 9.86. The van der Waals surface area contributed by atoms with Crippen molar-refractivity contribution in [2.75, 3.05) is 19.5 Å². The first-order valence-corrected chi connectivity index (χ1v) is 7.56. The molecule has 2 rings (SSSR count). The molecule has 1 aromatic rings. The molecule has 114 valence electrons. The second kappa shape index (κ2) is 6.10. The molecule has 4 nitrogen and oxygen atoms in total. The Hall–Kier alpha value is -1.49. The Morgan fingerprint density at radius 3 is 2.43 bits per heavy atom. The van der Waals surface area contributed by atoms with Crippen LogP contribution in [0.4, 0.5) is 5.69 Å². The molecule has 0 fully saturated rings. The summed E-state index contributed by atoms with van der Waals surface area (Å²) in [6.07, 6.45) is 1.37. The minimum Gasteiger partial charge on any atom is -0.493 e. The van der Waals surface area contributed by atoms with Gasteiger partial charge < -0.3 is 14.8 Å². The number of hydrogen-bond acceptors (Lipinski definition) is 4. The minimum absolute atomic E-state index is 0.0345. The van der Waals surface area contributed by atoms with Gasteiger partial charge >= 0.3 is 0 Å². The van der Waals surface area contributed by atoms with Crippen molar-refractivity contribution < 1.29 is 14.3 Å². The van der Waals surface area contributed by atoms with Crippen molar-refractivity contribution in [3.05, 3.63) is 28.4 Å². The summed E-state index contributed by atoms with van der Waals surface area (Å²) >= 11 is 3.40. The molecule has 1 aliphatic rings. The van der Waals surface area contributed by atoms with Crippen LogP contribution in [0.3, 0.4) is 0 Å². The summed E-state index contributed by atoms with van der Waals surface area (Å²) in [6.45, 7) is 4.20. The summed E-state index contributed by atoms with van der Waals surface area (Å²) in [5, 5.41) is 3.32. The van der Waals surface area contributed by atoms with Crippen LogP contribution < -0.4 is 14.8 Å². The molecule has 0 unspecified atom stereocenters. The Kier molecular flexibility index (Phi) is 4.61. The number of hydrogen-bond donors (Lipinski definition) is 1. The van der Waals surface area contributed by atoms with E-state index < -0.39 is 0 Å². The fourth-order valence-corrected chi connectivity index (χ4v) is 2.87. The van der Waals surface area contributed by atoms with Crippen LogP contribution in [0.5, 0.6) is 11.5 Å². The highest BCUT2D eigenvalue weighted by Gasteiger charge is 2.32. The molecule has 5 heteroatoms. The zero-order chi connectivity index (χ0) is 15.6. The SMILES string of the molecule is COc1ccc(NC2=C(Br)C(=O)CC(C)(C)C2)cc1OC. The molecule has 0 spiro atoms. The molecule has 0 heterocycles. The second-order valence-electron chi connectivity index (χ2n) is 5.93. The Bertz CT molecular complexity index is 593. The summed E-state index contributed by atoms with van der Waals surface area (Å²) < 4.78 is 11.2. The number of rotatable bonds is 4. The molecule has 1 aliphatic carbocycles. The zero-order valence-electron chi connectivity index (χ0n) is 12.7. The Balaban J connectivity index is 2.29. The number of ether oxygens (including phenoxy) is 2. The first kappa shape index (κ1) is 15.9. The summed E-state index contributed by atoms with van der Waals surface area (Å²) in [6, 6.07) is 5.60. The van der Waals surface area contributed by atoms with E-state index in [9.17, 15) is 4.79 Å². The van der Waals surface area contributed by atoms with E-state index >= 15 is 0 Å². The zero-order valence-corrected chi connectivity index (χ0v) is 14.3. The van der Waals surface area contributed by atoms with Gasteiger partial charge in [-0.05, 0) is 39.9 Å². The van der Waals surface area contributed by atoms with Crippen LogP contribution in [0.1, 0.15) is 26.7 Å². The predicted octanol–water partition coefficient (Wildman–Crippen LogP) is 4.11. The van der Waals surface area contributed by atoms with Crippen molar-refractivity contribution in [2.24, 2.45) is 5.41 Å². The van der Waals surface area contributed by atoms with Gasteiger partial charge in [0.2, 0.25) is 0 Å². The van der Waals surface area contributed by atoms with Crippen LogP contribution >= 0.6 is 15.9 Å². The molecule has 0 aliphatic heterocycles. The van der Waals surface area contributed by atoms with Gasteiger partial charge in [-0.3, -0.25) is 4.79 Å². The standard InChI is InChI=1S/C16H20BrNO3/c1-16(2)8-11(15(17)12(19)9-16)18-10-5-6-13(20-3)14(7-10)21-4/h5-7,18H,8-9H2,1-4H3. The highest BCUT2D eigenvalue weighted by Crippen LogP contribution is 2.39. The van der Waals surface area contributed by atoms with Crippen molar-refractivity contribution in [2.45, 2.75) is 26.7 Å². The number of Topliss-reactive ketones (excluding diaryl/α,β-unsaturated/α-hetero) is 1. The number of anilines is 1. The van der Waals surface area contributed by atoms with Crippen LogP contribution in [0, 0.1) is 5.41 Å². The van der Waals surface area contributed by atoms with E-state index in [1.54, 1.807) is 14.2 Å². The smallest absolute Gasteiger partial charge is 0.172 e. The van der Waals surface area contributed by atoms with Crippen molar-refractivity contribution in [3.8, 4) is 11.5 Å². The van der Waals surface area contributed by atoms with Crippen LogP contribution in [-0.2, 0) is 4.79 Å². The van der Waals surface area contributed by atoms with E-state index in [1.807, 2.05) is 18.2 Å². The Labute approximate surface area is 133 Å². The first-order valence-electron chi connectivity index (χ1n) is 6.77. The maximum absolute atomic E-state index is 12.0. The highest BCUT2D eigenvalue weighted by atomic mass is 79.9. The molecule has 0 atom stereocenters. The van der Waals surface area contributed by atoms with Crippen molar-refractivity contribution >= 4 is 27.4 Å². The van der Waals surface area contributed by atoms with Crippen LogP contribution in [-0.4, -0.2) is 20.0 Å². The molecular weight excluding hydrogens is 334 g/mol. The quantitative estimate of drug-likeness (QED) is 0.884. The van der Waals surface area contributed by atoms with E-state index in [4.69, 9.17) is 9.47 Å². The lowest BCUT2D eigenvalue weighted by Gasteiger charge is -2.31. The molecule has 0 amide bonds. The van der Waals surface area contributed by atoms with Gasteiger partial charge in [-0.1, -0.05) is 13.8 Å². The number of ketones is 1. The molecule has 21 heavy (non-hydrogen) atoms. The Morgan fingerprint density at radius 1 is 1.14 bits per heavy atom. The van der Waals surface area contributed by atoms with Gasteiger partial charge in [-0.15, -0.1) is 0 Å². The average Bonchev–Trinajstić information content (AvgIpc) is 2.43. The Morgan fingerprint density at radius 2 is 1.81 bits per heavy atom. The summed E-state index contributed by atoms with van der Waals surface area (Å²) in [7, 11) is 3.20. The number of methoxy groups -OCH3 is 2. The fourth-order valence-electron chi connectivity index (χ4n) is 2.49. The lowest BCUT2D eigenvalue weighted by atomic mass is 9.79. The van der Waals surface area contributed by atoms with E-state index in [0.717, 1.165) is 17.8 Å². The molecule has 0 saturated heterocycles. The molecule has 1 N–H and O–H groups in total. The molecular formula is C16H20BrNO3. The fraction of sp³-hybridized carbons (Fsp3) is 0.438. The van der Waals surface area contributed by atoms with Gasteiger partial charge in [-0.25, -0.2) is 0 Å². The van der Waals surface area contributed by atoms with Crippen molar-refractivity contribution in [1.82, 2.24) is 0 Å². The number of allylic oxidation sites excluding steroid dienone is 2. The maximum Gasteiger partial charge on any atom is 0.172 e. The third kappa shape index (κ3) is 3.59. The molecule has 0 bridgehead atoms. The number of benzene rings is 1. The lowest BCUT2D eigenvalue weighted by Crippen LogP contribution is -2.26. The largest absolute Gasteiger partial charge is 0.493 e. The van der Waals surface area contributed by atoms with Crippen molar-refractivity contribution in [1.29, 1.82) is 0 Å². The monoisotopic (exact) mass is 353 g/mol. The van der Waals surface area contributed by atoms with Gasteiger partial charge in [0.25, 0.3) is 0 Å². The second-order valence-corrected chi connectivity index (χ2v) is 6.72. The highest BCUT2D eigenvalue weighted by molar-refractivity contribution is 9.12. The van der Waals surface area contributed by atoms with E-state index in [-0.39, 0.29) is 11.2 Å². The van der Waals surface area contributed by atoms with Gasteiger partial charge in [-0.2, -0.15) is 0 Å². The van der Waals surface area contributed by atoms with E-state index in [2.05, 4.69) is 35.1 Å². The van der Waals surface area contributed by atoms with Gasteiger partial charge in [0, 0.05) is 23.9 Å². The van der Waals surface area contributed by atoms with Crippen LogP contribution in [0.25, 0.3) is 0 Å². The minimum atomic E-state index is -0.0345. The summed E-state index contributed by atoms with van der Waals surface area (Å²) in [5.74, 6) is 1.46. The molecule has 0 aromatic heterocycles. The van der Waals surface area contributed by atoms with E-state index in [1.165, 1.54) is 0 Å². The number of halogens is 1. The van der Waals surface area contributed by atoms with Gasteiger partial charge in [0.05, 0.1) is 18.7 Å².